The van der Waals surface area contributed by atoms with Crippen LogP contribution in [-0.4, -0.2) is 17.6 Å². The number of hydrogen-bond donors (Lipinski definition) is 2. The Bertz CT molecular complexity index is 461. The number of rotatable bonds is 3. The summed E-state index contributed by atoms with van der Waals surface area (Å²) in [4.78, 5) is 12.0. The number of carbonyl (C=O) groups excluding carboxylic acids is 1. The smallest absolute Gasteiger partial charge is 0.255 e. The van der Waals surface area contributed by atoms with Crippen LogP contribution in [0.3, 0.4) is 0 Å². The predicted molar refractivity (Wildman–Crippen MR) is 79.3 cm³/mol. The van der Waals surface area contributed by atoms with E-state index in [1.807, 2.05) is 0 Å². The van der Waals surface area contributed by atoms with Crippen LogP contribution in [0.5, 0.6) is 5.75 Å². The van der Waals surface area contributed by atoms with E-state index < -0.39 is 0 Å². The lowest BCUT2D eigenvalue weighted by molar-refractivity contribution is 0.0938. The van der Waals surface area contributed by atoms with Crippen molar-refractivity contribution < 1.29 is 9.90 Å². The molecule has 2 atom stereocenters. The molecule has 2 N–H and O–H groups in total. The van der Waals surface area contributed by atoms with Crippen LogP contribution < -0.4 is 5.32 Å². The Balaban J connectivity index is 1.92. The number of carbonyl (C=O) groups is 1. The van der Waals surface area contributed by atoms with Gasteiger partial charge in [-0.1, -0.05) is 35.7 Å². The minimum absolute atomic E-state index is 0.0257. The van der Waals surface area contributed by atoms with Crippen molar-refractivity contribution in [2.75, 3.05) is 6.54 Å². The van der Waals surface area contributed by atoms with Crippen LogP contribution in [0, 0.1) is 11.8 Å². The molecule has 1 aliphatic rings. The van der Waals surface area contributed by atoms with E-state index in [1.54, 1.807) is 12.1 Å². The summed E-state index contributed by atoms with van der Waals surface area (Å²) in [6.45, 7) is 2.98. The lowest BCUT2D eigenvalue weighted by Crippen LogP contribution is -2.31. The molecule has 1 aromatic carbocycles. The molecule has 0 bridgehead atoms. The number of halogens is 1. The van der Waals surface area contributed by atoms with E-state index in [2.05, 4.69) is 28.2 Å². The topological polar surface area (TPSA) is 49.3 Å². The van der Waals surface area contributed by atoms with Crippen molar-refractivity contribution >= 4 is 21.8 Å². The summed E-state index contributed by atoms with van der Waals surface area (Å²) in [5, 5.41) is 12.6. The maximum Gasteiger partial charge on any atom is 0.255 e. The van der Waals surface area contributed by atoms with Gasteiger partial charge in [-0.2, -0.15) is 0 Å². The molecule has 4 heteroatoms. The lowest BCUT2D eigenvalue weighted by Gasteiger charge is -2.26. The Morgan fingerprint density at radius 3 is 3.00 bits per heavy atom. The molecule has 2 rings (SSSR count). The first-order valence-electron chi connectivity index (χ1n) is 6.83. The highest BCUT2D eigenvalue weighted by atomic mass is 79.9. The number of benzene rings is 1. The largest absolute Gasteiger partial charge is 0.507 e. The standard InChI is InChI=1S/C15H20BrNO2/c1-10-3-2-4-11(7-10)9-17-15(19)13-8-12(16)5-6-14(13)18/h5-6,8,10-11,18H,2-4,7,9H2,1H3,(H,17,19). The molecule has 104 valence electrons. The van der Waals surface area contributed by atoms with E-state index in [0.717, 1.165) is 10.4 Å². The van der Waals surface area contributed by atoms with Gasteiger partial charge in [-0.05, 0) is 42.9 Å². The van der Waals surface area contributed by atoms with E-state index in [1.165, 1.54) is 31.7 Å². The Hall–Kier alpha value is -1.03. The van der Waals surface area contributed by atoms with Crippen molar-refractivity contribution in [3.05, 3.63) is 28.2 Å². The Labute approximate surface area is 122 Å². The molecule has 0 aromatic heterocycles. The molecular weight excluding hydrogens is 306 g/mol. The molecule has 0 spiro atoms. The van der Waals surface area contributed by atoms with Crippen LogP contribution in [0.15, 0.2) is 22.7 Å². The molecule has 0 radical (unpaired) electrons. The van der Waals surface area contributed by atoms with E-state index in [9.17, 15) is 9.90 Å². The number of amides is 1. The highest BCUT2D eigenvalue weighted by Crippen LogP contribution is 2.28. The van der Waals surface area contributed by atoms with Crippen LogP contribution in [0.1, 0.15) is 43.0 Å². The molecule has 2 unspecified atom stereocenters. The van der Waals surface area contributed by atoms with Gasteiger partial charge >= 0.3 is 0 Å². The van der Waals surface area contributed by atoms with Crippen molar-refractivity contribution in [1.29, 1.82) is 0 Å². The van der Waals surface area contributed by atoms with E-state index >= 15 is 0 Å². The highest BCUT2D eigenvalue weighted by molar-refractivity contribution is 9.10. The van der Waals surface area contributed by atoms with Crippen LogP contribution in [0.4, 0.5) is 0 Å². The van der Waals surface area contributed by atoms with Gasteiger partial charge in [0.25, 0.3) is 5.91 Å². The average molecular weight is 326 g/mol. The first kappa shape index (κ1) is 14.4. The average Bonchev–Trinajstić information content (AvgIpc) is 2.39. The number of phenols is 1. The minimum atomic E-state index is -0.197. The normalized spacial score (nSPS) is 23.1. The molecule has 0 aliphatic heterocycles. The van der Waals surface area contributed by atoms with Crippen LogP contribution in [0.2, 0.25) is 0 Å². The maximum atomic E-state index is 12.0. The zero-order valence-electron chi connectivity index (χ0n) is 11.2. The third-order valence-electron chi connectivity index (χ3n) is 3.80. The van der Waals surface area contributed by atoms with Crippen molar-refractivity contribution in [1.82, 2.24) is 5.32 Å². The quantitative estimate of drug-likeness (QED) is 0.889. The van der Waals surface area contributed by atoms with Crippen molar-refractivity contribution in [2.45, 2.75) is 32.6 Å². The molecule has 1 aliphatic carbocycles. The van der Waals surface area contributed by atoms with Gasteiger partial charge in [0.1, 0.15) is 5.75 Å². The molecule has 1 amide bonds. The summed E-state index contributed by atoms with van der Waals surface area (Å²) in [5.74, 6) is 1.16. The van der Waals surface area contributed by atoms with Gasteiger partial charge in [-0.15, -0.1) is 0 Å². The number of aromatic hydroxyl groups is 1. The molecule has 1 fully saturated rings. The Kier molecular flexibility index (Phi) is 4.86. The lowest BCUT2D eigenvalue weighted by atomic mass is 9.82. The van der Waals surface area contributed by atoms with Gasteiger partial charge in [0.2, 0.25) is 0 Å². The second-order valence-electron chi connectivity index (χ2n) is 5.51. The number of nitrogens with one attached hydrogen (secondary N) is 1. The maximum absolute atomic E-state index is 12.0. The van der Waals surface area contributed by atoms with E-state index in [-0.39, 0.29) is 11.7 Å². The van der Waals surface area contributed by atoms with Crippen LogP contribution >= 0.6 is 15.9 Å². The Morgan fingerprint density at radius 2 is 2.26 bits per heavy atom. The molecule has 19 heavy (non-hydrogen) atoms. The van der Waals surface area contributed by atoms with Crippen LogP contribution in [-0.2, 0) is 0 Å². The molecule has 0 heterocycles. The number of phenolic OH excluding ortho intramolecular Hbond substituents is 1. The predicted octanol–water partition coefficient (Wildman–Crippen LogP) is 3.71. The Morgan fingerprint density at radius 1 is 1.47 bits per heavy atom. The molecule has 3 nitrogen and oxygen atoms in total. The van der Waals surface area contributed by atoms with E-state index in [0.29, 0.717) is 18.0 Å². The fraction of sp³-hybridized carbons (Fsp3) is 0.533. The number of hydrogen-bond acceptors (Lipinski definition) is 2. The van der Waals surface area contributed by atoms with Crippen molar-refractivity contribution in [2.24, 2.45) is 11.8 Å². The zero-order chi connectivity index (χ0) is 13.8. The zero-order valence-corrected chi connectivity index (χ0v) is 12.7. The first-order valence-corrected chi connectivity index (χ1v) is 7.62. The molecule has 1 saturated carbocycles. The molecular formula is C15H20BrNO2. The van der Waals surface area contributed by atoms with Gasteiger partial charge in [0.15, 0.2) is 0 Å². The highest BCUT2D eigenvalue weighted by Gasteiger charge is 2.20. The minimum Gasteiger partial charge on any atom is -0.507 e. The van der Waals surface area contributed by atoms with Gasteiger partial charge in [-0.25, -0.2) is 0 Å². The van der Waals surface area contributed by atoms with E-state index in [4.69, 9.17) is 0 Å². The monoisotopic (exact) mass is 325 g/mol. The fourth-order valence-corrected chi connectivity index (χ4v) is 3.13. The third-order valence-corrected chi connectivity index (χ3v) is 4.29. The van der Waals surface area contributed by atoms with Gasteiger partial charge in [0, 0.05) is 11.0 Å². The summed E-state index contributed by atoms with van der Waals surface area (Å²) < 4.78 is 0.793. The van der Waals surface area contributed by atoms with Crippen molar-refractivity contribution in [3.63, 3.8) is 0 Å². The van der Waals surface area contributed by atoms with Crippen LogP contribution in [0.25, 0.3) is 0 Å². The second-order valence-corrected chi connectivity index (χ2v) is 6.42. The van der Waals surface area contributed by atoms with Gasteiger partial charge in [0.05, 0.1) is 5.56 Å². The van der Waals surface area contributed by atoms with Gasteiger partial charge in [-0.3, -0.25) is 4.79 Å². The fourth-order valence-electron chi connectivity index (χ4n) is 2.77. The SMILES string of the molecule is CC1CCCC(CNC(=O)c2cc(Br)ccc2O)C1. The van der Waals surface area contributed by atoms with Gasteiger partial charge < -0.3 is 10.4 Å². The summed E-state index contributed by atoms with van der Waals surface area (Å²) in [6.07, 6.45) is 4.93. The second kappa shape index (κ2) is 6.42. The molecule has 0 saturated heterocycles. The molecule has 1 aromatic rings. The summed E-state index contributed by atoms with van der Waals surface area (Å²) in [7, 11) is 0. The first-order chi connectivity index (χ1) is 9.06. The summed E-state index contributed by atoms with van der Waals surface area (Å²) in [5.41, 5.74) is 0.332. The third kappa shape index (κ3) is 3.96. The summed E-state index contributed by atoms with van der Waals surface area (Å²) in [6, 6.07) is 4.89. The summed E-state index contributed by atoms with van der Waals surface area (Å²) >= 11 is 3.31. The van der Waals surface area contributed by atoms with Crippen molar-refractivity contribution in [3.8, 4) is 5.75 Å².